The van der Waals surface area contributed by atoms with E-state index in [1.807, 2.05) is 23.0 Å². The fraction of sp³-hybridized carbons (Fsp3) is 0.188. The normalized spacial score (nSPS) is 13.2. The lowest BCUT2D eigenvalue weighted by atomic mass is 10.1. The number of carbonyl (C=O) groups is 1. The molecule has 0 unspecified atom stereocenters. The molecule has 0 saturated carbocycles. The van der Waals surface area contributed by atoms with Gasteiger partial charge in [-0.3, -0.25) is 10.3 Å². The highest BCUT2D eigenvalue weighted by Crippen LogP contribution is 2.33. The summed E-state index contributed by atoms with van der Waals surface area (Å²) >= 11 is 0. The van der Waals surface area contributed by atoms with Crippen molar-refractivity contribution in [2.45, 2.75) is 6.54 Å². The van der Waals surface area contributed by atoms with Gasteiger partial charge in [0.1, 0.15) is 5.82 Å². The van der Waals surface area contributed by atoms with E-state index in [2.05, 4.69) is 43.8 Å². The van der Waals surface area contributed by atoms with E-state index in [0.717, 1.165) is 35.4 Å². The van der Waals surface area contributed by atoms with Crippen molar-refractivity contribution in [3.05, 3.63) is 42.7 Å². The molecule has 3 aromatic rings. The summed E-state index contributed by atoms with van der Waals surface area (Å²) in [6.07, 6.45) is 3.66. The molecule has 0 saturated heterocycles. The highest BCUT2D eigenvalue weighted by molar-refractivity contribution is 5.89. The Hall–Kier alpha value is -3.09. The monoisotopic (exact) mass is 308 g/mol. The van der Waals surface area contributed by atoms with Crippen LogP contribution in [0.2, 0.25) is 0 Å². The minimum atomic E-state index is -0.272. The second kappa shape index (κ2) is 5.28. The summed E-state index contributed by atoms with van der Waals surface area (Å²) < 4.78 is 1.90. The second-order valence-corrected chi connectivity index (χ2v) is 5.37. The van der Waals surface area contributed by atoms with Gasteiger partial charge in [0.05, 0.1) is 6.54 Å². The number of carbonyl (C=O) groups excluding carboxylic acids is 1. The third-order valence-electron chi connectivity index (χ3n) is 3.98. The number of nitrogens with one attached hydrogen (secondary N) is 2. The molecule has 2 amide bonds. The maximum absolute atomic E-state index is 11.4. The van der Waals surface area contributed by atoms with Gasteiger partial charge in [0.25, 0.3) is 0 Å². The van der Waals surface area contributed by atoms with Gasteiger partial charge >= 0.3 is 6.03 Å². The molecular formula is C16H16N6O. The molecule has 4 rings (SSSR count). The van der Waals surface area contributed by atoms with Crippen molar-refractivity contribution < 1.29 is 4.79 Å². The standard InChI is InChI=1S/C16H16N6O/c1-17-16(23)19-14-9-15-21(6-7-22(15)20-14)13-3-2-12-10-18-5-4-11(12)8-13/h2-5,8-10H,6-7H2,1H3,(H2,17,19,20,23). The molecule has 2 aromatic heterocycles. The lowest BCUT2D eigenvalue weighted by molar-refractivity contribution is 0.254. The smallest absolute Gasteiger partial charge is 0.320 e. The number of aromatic nitrogens is 3. The molecule has 0 aliphatic carbocycles. The minimum absolute atomic E-state index is 0.272. The Balaban J connectivity index is 1.67. The van der Waals surface area contributed by atoms with Gasteiger partial charge in [-0.2, -0.15) is 5.10 Å². The van der Waals surface area contributed by atoms with E-state index in [1.165, 1.54) is 0 Å². The molecule has 0 bridgehead atoms. The Morgan fingerprint density at radius 1 is 1.17 bits per heavy atom. The van der Waals surface area contributed by atoms with Crippen LogP contribution in [0.4, 0.5) is 22.1 Å². The molecule has 116 valence electrons. The molecule has 0 spiro atoms. The second-order valence-electron chi connectivity index (χ2n) is 5.37. The average molecular weight is 308 g/mol. The lowest BCUT2D eigenvalue weighted by Gasteiger charge is -2.17. The van der Waals surface area contributed by atoms with Crippen LogP contribution in [0.1, 0.15) is 0 Å². The van der Waals surface area contributed by atoms with Crippen molar-refractivity contribution in [3.8, 4) is 0 Å². The van der Waals surface area contributed by atoms with Gasteiger partial charge in [-0.1, -0.05) is 6.07 Å². The number of anilines is 3. The first-order valence-electron chi connectivity index (χ1n) is 7.42. The number of urea groups is 1. The van der Waals surface area contributed by atoms with Gasteiger partial charge in [0.2, 0.25) is 0 Å². The number of hydrogen-bond acceptors (Lipinski definition) is 4. The van der Waals surface area contributed by atoms with Crippen molar-refractivity contribution >= 4 is 34.1 Å². The van der Waals surface area contributed by atoms with Crippen LogP contribution >= 0.6 is 0 Å². The number of pyridine rings is 1. The van der Waals surface area contributed by atoms with Gasteiger partial charge in [-0.15, -0.1) is 0 Å². The number of rotatable bonds is 2. The van der Waals surface area contributed by atoms with Crippen molar-refractivity contribution in [1.82, 2.24) is 20.1 Å². The van der Waals surface area contributed by atoms with E-state index in [-0.39, 0.29) is 6.03 Å². The zero-order valence-electron chi connectivity index (χ0n) is 12.7. The summed E-state index contributed by atoms with van der Waals surface area (Å²) in [4.78, 5) is 17.8. The van der Waals surface area contributed by atoms with Crippen LogP contribution in [0.5, 0.6) is 0 Å². The summed E-state index contributed by atoms with van der Waals surface area (Å²) in [6.45, 7) is 1.65. The van der Waals surface area contributed by atoms with Crippen LogP contribution in [0.25, 0.3) is 10.8 Å². The maximum Gasteiger partial charge on any atom is 0.320 e. The van der Waals surface area contributed by atoms with Crippen LogP contribution in [-0.2, 0) is 6.54 Å². The Labute approximate surface area is 132 Å². The van der Waals surface area contributed by atoms with Crippen molar-refractivity contribution in [1.29, 1.82) is 0 Å². The Kier molecular flexibility index (Phi) is 3.11. The average Bonchev–Trinajstić information content (AvgIpc) is 3.14. The first-order chi connectivity index (χ1) is 11.2. The highest BCUT2D eigenvalue weighted by atomic mass is 16.2. The number of benzene rings is 1. The zero-order chi connectivity index (χ0) is 15.8. The van der Waals surface area contributed by atoms with E-state index in [0.29, 0.717) is 5.82 Å². The fourth-order valence-electron chi connectivity index (χ4n) is 2.84. The van der Waals surface area contributed by atoms with Gasteiger partial charge in [0, 0.05) is 43.1 Å². The van der Waals surface area contributed by atoms with Crippen molar-refractivity contribution in [2.24, 2.45) is 0 Å². The predicted molar refractivity (Wildman–Crippen MR) is 89.1 cm³/mol. The number of hydrogen-bond donors (Lipinski definition) is 2. The number of amides is 2. The van der Waals surface area contributed by atoms with Crippen molar-refractivity contribution in [2.75, 3.05) is 23.8 Å². The van der Waals surface area contributed by atoms with Crippen LogP contribution in [0, 0.1) is 0 Å². The molecule has 1 aromatic carbocycles. The van der Waals surface area contributed by atoms with E-state index in [1.54, 1.807) is 13.2 Å². The molecule has 2 N–H and O–H groups in total. The highest BCUT2D eigenvalue weighted by Gasteiger charge is 2.23. The molecule has 7 nitrogen and oxygen atoms in total. The summed E-state index contributed by atoms with van der Waals surface area (Å²) in [5.74, 6) is 1.53. The predicted octanol–water partition coefficient (Wildman–Crippen LogP) is 2.33. The first kappa shape index (κ1) is 13.6. The van der Waals surface area contributed by atoms with E-state index >= 15 is 0 Å². The fourth-order valence-corrected chi connectivity index (χ4v) is 2.84. The number of nitrogens with zero attached hydrogens (tertiary/aromatic N) is 4. The van der Waals surface area contributed by atoms with Crippen LogP contribution < -0.4 is 15.5 Å². The molecule has 0 radical (unpaired) electrons. The summed E-state index contributed by atoms with van der Waals surface area (Å²) in [5, 5.41) is 11.9. The quantitative estimate of drug-likeness (QED) is 0.762. The van der Waals surface area contributed by atoms with Gasteiger partial charge < -0.3 is 10.2 Å². The van der Waals surface area contributed by atoms with Crippen LogP contribution in [0.15, 0.2) is 42.7 Å². The molecule has 0 atom stereocenters. The third kappa shape index (κ3) is 2.36. The molecule has 1 aliphatic heterocycles. The molecule has 3 heterocycles. The maximum atomic E-state index is 11.4. The summed E-state index contributed by atoms with van der Waals surface area (Å²) in [5.41, 5.74) is 1.11. The third-order valence-corrected chi connectivity index (χ3v) is 3.98. The lowest BCUT2D eigenvalue weighted by Crippen LogP contribution is -2.24. The molecule has 7 heteroatoms. The summed E-state index contributed by atoms with van der Waals surface area (Å²) in [7, 11) is 1.58. The molecule has 23 heavy (non-hydrogen) atoms. The van der Waals surface area contributed by atoms with Crippen molar-refractivity contribution in [3.63, 3.8) is 0 Å². The van der Waals surface area contributed by atoms with Gasteiger partial charge in [-0.25, -0.2) is 9.48 Å². The molecular weight excluding hydrogens is 292 g/mol. The Morgan fingerprint density at radius 2 is 2.09 bits per heavy atom. The Bertz CT molecular complexity index is 887. The van der Waals surface area contributed by atoms with E-state index in [4.69, 9.17) is 0 Å². The largest absolute Gasteiger partial charge is 0.341 e. The SMILES string of the molecule is CNC(=O)Nc1cc2n(n1)CCN2c1ccc2cnccc2c1. The van der Waals surface area contributed by atoms with E-state index in [9.17, 15) is 4.79 Å². The Morgan fingerprint density at radius 3 is 2.96 bits per heavy atom. The number of fused-ring (bicyclic) bond motifs is 2. The van der Waals surface area contributed by atoms with Crippen LogP contribution in [-0.4, -0.2) is 34.4 Å². The van der Waals surface area contributed by atoms with Gasteiger partial charge in [-0.05, 0) is 23.6 Å². The minimum Gasteiger partial charge on any atom is -0.341 e. The zero-order valence-corrected chi connectivity index (χ0v) is 12.7. The molecule has 1 aliphatic rings. The topological polar surface area (TPSA) is 75.1 Å². The van der Waals surface area contributed by atoms with E-state index < -0.39 is 0 Å². The first-order valence-corrected chi connectivity index (χ1v) is 7.42. The van der Waals surface area contributed by atoms with Gasteiger partial charge in [0.15, 0.2) is 5.82 Å². The van der Waals surface area contributed by atoms with Crippen LogP contribution in [0.3, 0.4) is 0 Å². The summed E-state index contributed by atoms with van der Waals surface area (Å²) in [6, 6.07) is 9.92. The molecule has 0 fully saturated rings.